The van der Waals surface area contributed by atoms with Gasteiger partial charge in [-0.3, -0.25) is 14.4 Å². The van der Waals surface area contributed by atoms with Crippen molar-refractivity contribution in [2.45, 2.75) is 84.7 Å². The summed E-state index contributed by atoms with van der Waals surface area (Å²) >= 11 is 1.57. The number of thiophene rings is 1. The van der Waals surface area contributed by atoms with E-state index in [-0.39, 0.29) is 36.2 Å². The molecule has 210 valence electrons. The van der Waals surface area contributed by atoms with Crippen molar-refractivity contribution in [2.24, 2.45) is 5.92 Å². The maximum absolute atomic E-state index is 13.4. The molecule has 7 nitrogen and oxygen atoms in total. The third kappa shape index (κ3) is 7.29. The molecule has 0 unspecified atom stereocenters. The fourth-order valence-electron chi connectivity index (χ4n) is 5.52. The Morgan fingerprint density at radius 3 is 2.54 bits per heavy atom. The number of aryl methyl sites for hydroxylation is 1. The lowest BCUT2D eigenvalue weighted by Crippen LogP contribution is -2.42. The van der Waals surface area contributed by atoms with Gasteiger partial charge in [-0.15, -0.1) is 11.3 Å². The molecule has 0 aliphatic heterocycles. The van der Waals surface area contributed by atoms with E-state index in [0.717, 1.165) is 66.5 Å². The number of anilines is 1. The zero-order valence-corrected chi connectivity index (χ0v) is 24.3. The van der Waals surface area contributed by atoms with Crippen molar-refractivity contribution < 1.29 is 14.4 Å². The van der Waals surface area contributed by atoms with Crippen LogP contribution in [-0.2, 0) is 16.1 Å². The number of hydrogen-bond acceptors (Lipinski definition) is 4. The van der Waals surface area contributed by atoms with Crippen molar-refractivity contribution in [3.63, 3.8) is 0 Å². The highest BCUT2D eigenvalue weighted by Gasteiger charge is 2.28. The molecule has 1 aliphatic rings. The van der Waals surface area contributed by atoms with E-state index in [2.05, 4.69) is 17.6 Å². The normalized spacial score (nSPS) is 17.2. The van der Waals surface area contributed by atoms with E-state index in [4.69, 9.17) is 0 Å². The standard InChI is InChI=1S/C31H42N4O3S/c1-4-6-7-8-17-32-30(37)23-12-14-24(15-13-23)33-31(38)27-20-28-26(16-18-39-28)35(27)21-29(36)34(5-2)25-11-9-10-22(3)19-25/h9-11,16,18-20,23-24H,4-8,12-15,17,21H2,1-3H3,(H,32,37)(H,33,38)/t23-,24-. The van der Waals surface area contributed by atoms with Crippen LogP contribution >= 0.6 is 11.3 Å². The number of carbonyl (C=O) groups is 3. The molecule has 2 N–H and O–H groups in total. The van der Waals surface area contributed by atoms with Crippen molar-refractivity contribution in [2.75, 3.05) is 18.0 Å². The van der Waals surface area contributed by atoms with Crippen LogP contribution in [0.25, 0.3) is 10.2 Å². The highest BCUT2D eigenvalue weighted by molar-refractivity contribution is 7.17. The highest BCUT2D eigenvalue weighted by Crippen LogP contribution is 2.28. The Labute approximate surface area is 236 Å². The van der Waals surface area contributed by atoms with E-state index >= 15 is 0 Å². The lowest BCUT2D eigenvalue weighted by atomic mass is 9.85. The Balaban J connectivity index is 1.37. The van der Waals surface area contributed by atoms with Gasteiger partial charge in [-0.25, -0.2) is 0 Å². The predicted octanol–water partition coefficient (Wildman–Crippen LogP) is 6.05. The van der Waals surface area contributed by atoms with Gasteiger partial charge in [0.2, 0.25) is 11.8 Å². The number of nitrogens with zero attached hydrogens (tertiary/aromatic N) is 2. The minimum atomic E-state index is -0.159. The van der Waals surface area contributed by atoms with Crippen LogP contribution in [0, 0.1) is 12.8 Å². The van der Waals surface area contributed by atoms with E-state index in [1.165, 1.54) is 12.8 Å². The minimum Gasteiger partial charge on any atom is -0.356 e. The molecule has 0 bridgehead atoms. The number of rotatable bonds is 12. The molecule has 0 atom stereocenters. The fourth-order valence-corrected chi connectivity index (χ4v) is 6.34. The third-order valence-electron chi connectivity index (χ3n) is 7.74. The average molecular weight is 551 g/mol. The monoisotopic (exact) mass is 550 g/mol. The second-order valence-corrected chi connectivity index (χ2v) is 11.6. The van der Waals surface area contributed by atoms with Gasteiger partial charge >= 0.3 is 0 Å². The molecule has 0 radical (unpaired) electrons. The number of unbranched alkanes of at least 4 members (excludes halogenated alkanes) is 3. The van der Waals surface area contributed by atoms with Crippen LogP contribution in [0.4, 0.5) is 5.69 Å². The predicted molar refractivity (Wildman–Crippen MR) is 159 cm³/mol. The molecule has 2 heterocycles. The van der Waals surface area contributed by atoms with Crippen LogP contribution in [0.3, 0.4) is 0 Å². The minimum absolute atomic E-state index is 0.0257. The van der Waals surface area contributed by atoms with Crippen molar-refractivity contribution in [1.29, 1.82) is 0 Å². The number of hydrogen-bond donors (Lipinski definition) is 2. The molecule has 8 heteroatoms. The van der Waals surface area contributed by atoms with Gasteiger partial charge in [-0.1, -0.05) is 38.3 Å². The third-order valence-corrected chi connectivity index (χ3v) is 8.60. The topological polar surface area (TPSA) is 83.4 Å². The summed E-state index contributed by atoms with van der Waals surface area (Å²) in [4.78, 5) is 41.2. The fraction of sp³-hybridized carbons (Fsp3) is 0.516. The molecular weight excluding hydrogens is 508 g/mol. The van der Waals surface area contributed by atoms with Crippen LogP contribution in [0.5, 0.6) is 0 Å². The lowest BCUT2D eigenvalue weighted by Gasteiger charge is -2.28. The van der Waals surface area contributed by atoms with Crippen LogP contribution in [0.1, 0.15) is 81.3 Å². The maximum Gasteiger partial charge on any atom is 0.268 e. The van der Waals surface area contributed by atoms with Crippen molar-refractivity contribution >= 4 is 45.0 Å². The van der Waals surface area contributed by atoms with Crippen LogP contribution in [0.2, 0.25) is 0 Å². The zero-order chi connectivity index (χ0) is 27.8. The first-order valence-corrected chi connectivity index (χ1v) is 15.3. The quantitative estimate of drug-likeness (QED) is 0.269. The Morgan fingerprint density at radius 2 is 1.82 bits per heavy atom. The van der Waals surface area contributed by atoms with Crippen molar-refractivity contribution in [1.82, 2.24) is 15.2 Å². The van der Waals surface area contributed by atoms with Crippen LogP contribution in [-0.4, -0.2) is 41.4 Å². The largest absolute Gasteiger partial charge is 0.356 e. The first-order chi connectivity index (χ1) is 18.9. The first kappa shape index (κ1) is 28.9. The SMILES string of the molecule is CCCCCCNC(=O)[C@H]1CC[C@H](NC(=O)c2cc3sccc3n2CC(=O)N(CC)c2cccc(C)c2)CC1. The highest BCUT2D eigenvalue weighted by atomic mass is 32.1. The van der Waals surface area contributed by atoms with Gasteiger partial charge in [0, 0.05) is 30.7 Å². The average Bonchev–Trinajstić information content (AvgIpc) is 3.52. The van der Waals surface area contributed by atoms with E-state index in [1.807, 2.05) is 60.2 Å². The summed E-state index contributed by atoms with van der Waals surface area (Å²) < 4.78 is 2.84. The number of benzene rings is 1. The molecule has 2 aromatic heterocycles. The summed E-state index contributed by atoms with van der Waals surface area (Å²) in [6.45, 7) is 7.56. The summed E-state index contributed by atoms with van der Waals surface area (Å²) in [5, 5.41) is 8.28. The van der Waals surface area contributed by atoms with E-state index in [1.54, 1.807) is 16.2 Å². The Morgan fingerprint density at radius 1 is 1.03 bits per heavy atom. The molecule has 0 spiro atoms. The van der Waals surface area contributed by atoms with Gasteiger partial charge < -0.3 is 20.1 Å². The second-order valence-electron chi connectivity index (χ2n) is 10.6. The van der Waals surface area contributed by atoms with E-state index in [9.17, 15) is 14.4 Å². The zero-order valence-electron chi connectivity index (χ0n) is 23.5. The number of fused-ring (bicyclic) bond motifs is 1. The van der Waals surface area contributed by atoms with Gasteiger partial charge in [0.15, 0.2) is 0 Å². The molecular formula is C31H42N4O3S. The molecule has 1 aromatic carbocycles. The van der Waals surface area contributed by atoms with Crippen molar-refractivity contribution in [3.05, 3.63) is 53.0 Å². The second kappa shape index (κ2) is 13.8. The Bertz CT molecular complexity index is 1270. The summed E-state index contributed by atoms with van der Waals surface area (Å²) in [5.74, 6) is -0.0357. The summed E-state index contributed by atoms with van der Waals surface area (Å²) in [6, 6.07) is 11.8. The summed E-state index contributed by atoms with van der Waals surface area (Å²) in [7, 11) is 0. The van der Waals surface area contributed by atoms with Gasteiger partial charge in [0.05, 0.1) is 10.2 Å². The van der Waals surface area contributed by atoms with Gasteiger partial charge in [-0.05, 0) is 81.2 Å². The van der Waals surface area contributed by atoms with Gasteiger partial charge in [-0.2, -0.15) is 0 Å². The summed E-state index contributed by atoms with van der Waals surface area (Å²) in [5.41, 5.74) is 3.37. The molecule has 3 aromatic rings. The van der Waals surface area contributed by atoms with Gasteiger partial charge in [0.1, 0.15) is 12.2 Å². The maximum atomic E-state index is 13.4. The number of aromatic nitrogens is 1. The smallest absolute Gasteiger partial charge is 0.268 e. The molecule has 39 heavy (non-hydrogen) atoms. The Kier molecular flexibility index (Phi) is 10.2. The van der Waals surface area contributed by atoms with E-state index < -0.39 is 0 Å². The number of nitrogens with one attached hydrogen (secondary N) is 2. The van der Waals surface area contributed by atoms with Crippen molar-refractivity contribution in [3.8, 4) is 0 Å². The van der Waals surface area contributed by atoms with E-state index in [0.29, 0.717) is 12.2 Å². The molecule has 3 amide bonds. The van der Waals surface area contributed by atoms with Gasteiger partial charge in [0.25, 0.3) is 5.91 Å². The molecule has 1 fully saturated rings. The summed E-state index contributed by atoms with van der Waals surface area (Å²) in [6.07, 6.45) is 7.71. The van der Waals surface area contributed by atoms with Crippen LogP contribution < -0.4 is 15.5 Å². The Hall–Kier alpha value is -3.13. The molecule has 0 saturated heterocycles. The van der Waals surface area contributed by atoms with Crippen LogP contribution in [0.15, 0.2) is 41.8 Å². The number of likely N-dealkylation sites (N-methyl/N-ethyl adjacent to an activating group) is 1. The lowest BCUT2D eigenvalue weighted by molar-refractivity contribution is -0.126. The molecule has 1 aliphatic carbocycles. The molecule has 1 saturated carbocycles. The number of amides is 3. The first-order valence-electron chi connectivity index (χ1n) is 14.4. The molecule has 4 rings (SSSR count). The number of carbonyl (C=O) groups excluding carboxylic acids is 3.